The van der Waals surface area contributed by atoms with E-state index in [-0.39, 0.29) is 23.9 Å². The molecule has 2 fully saturated rings. The highest BCUT2D eigenvalue weighted by Crippen LogP contribution is 2.51. The standard InChI is InChI=1S/C16H18F3NO2/c17-16(18,19)13-5-2-1-4-10(13)11-8-12(11)14(21)20-9-15(22)6-3-7-15/h1-2,4-5,11-12,22H,3,6-9H2,(H,20,21). The fourth-order valence-corrected chi connectivity index (χ4v) is 3.05. The van der Waals surface area contributed by atoms with E-state index in [9.17, 15) is 23.1 Å². The summed E-state index contributed by atoms with van der Waals surface area (Å²) < 4.78 is 39.0. The van der Waals surface area contributed by atoms with Gasteiger partial charge in [0.2, 0.25) is 5.91 Å². The van der Waals surface area contributed by atoms with Gasteiger partial charge in [-0.1, -0.05) is 18.2 Å². The maximum Gasteiger partial charge on any atom is 0.416 e. The molecule has 22 heavy (non-hydrogen) atoms. The van der Waals surface area contributed by atoms with Gasteiger partial charge in [-0.05, 0) is 43.2 Å². The molecule has 1 aromatic carbocycles. The van der Waals surface area contributed by atoms with Crippen molar-refractivity contribution in [2.24, 2.45) is 5.92 Å². The molecule has 2 aliphatic rings. The number of nitrogens with one attached hydrogen (secondary N) is 1. The molecule has 2 atom stereocenters. The van der Waals surface area contributed by atoms with Crippen molar-refractivity contribution in [1.82, 2.24) is 5.32 Å². The van der Waals surface area contributed by atoms with E-state index in [1.54, 1.807) is 6.07 Å². The van der Waals surface area contributed by atoms with Crippen LogP contribution in [0, 0.1) is 5.92 Å². The number of hydrogen-bond donors (Lipinski definition) is 2. The maximum absolute atomic E-state index is 13.0. The summed E-state index contributed by atoms with van der Waals surface area (Å²) in [5, 5.41) is 12.6. The van der Waals surface area contributed by atoms with E-state index in [1.807, 2.05) is 0 Å². The summed E-state index contributed by atoms with van der Waals surface area (Å²) in [6.45, 7) is 0.190. The van der Waals surface area contributed by atoms with Crippen molar-refractivity contribution >= 4 is 5.91 Å². The average molecular weight is 313 g/mol. The van der Waals surface area contributed by atoms with Gasteiger partial charge in [0.05, 0.1) is 11.2 Å². The first kappa shape index (κ1) is 15.3. The lowest BCUT2D eigenvalue weighted by Crippen LogP contribution is -2.48. The molecule has 2 saturated carbocycles. The fraction of sp³-hybridized carbons (Fsp3) is 0.562. The van der Waals surface area contributed by atoms with Crippen molar-refractivity contribution < 1.29 is 23.1 Å². The Balaban J connectivity index is 1.63. The van der Waals surface area contributed by atoms with Crippen LogP contribution in [-0.2, 0) is 11.0 Å². The van der Waals surface area contributed by atoms with Gasteiger partial charge in [-0.3, -0.25) is 4.79 Å². The molecular formula is C16H18F3NO2. The lowest BCUT2D eigenvalue weighted by Gasteiger charge is -2.36. The largest absolute Gasteiger partial charge is 0.416 e. The zero-order valence-electron chi connectivity index (χ0n) is 12.0. The predicted octanol–water partition coefficient (Wildman–Crippen LogP) is 2.84. The molecule has 3 nitrogen and oxygen atoms in total. The molecule has 6 heteroatoms. The minimum Gasteiger partial charge on any atom is -0.388 e. The van der Waals surface area contributed by atoms with Crippen molar-refractivity contribution in [3.63, 3.8) is 0 Å². The predicted molar refractivity (Wildman–Crippen MR) is 74.1 cm³/mol. The Bertz CT molecular complexity index is 581. The van der Waals surface area contributed by atoms with Gasteiger partial charge in [0, 0.05) is 12.5 Å². The molecule has 0 bridgehead atoms. The Labute approximate surface area is 126 Å². The zero-order valence-corrected chi connectivity index (χ0v) is 12.0. The SMILES string of the molecule is O=C(NCC1(O)CCC1)C1CC1c1ccccc1C(F)(F)F. The Hall–Kier alpha value is -1.56. The second-order valence-corrected chi connectivity index (χ2v) is 6.33. The van der Waals surface area contributed by atoms with Crippen LogP contribution in [0.5, 0.6) is 0 Å². The van der Waals surface area contributed by atoms with Gasteiger partial charge in [0.15, 0.2) is 0 Å². The average Bonchev–Trinajstić information content (AvgIpc) is 3.22. The summed E-state index contributed by atoms with van der Waals surface area (Å²) in [6.07, 6.45) is -1.70. The highest BCUT2D eigenvalue weighted by Gasteiger charge is 2.48. The number of hydrogen-bond acceptors (Lipinski definition) is 2. The summed E-state index contributed by atoms with van der Waals surface area (Å²) in [4.78, 5) is 12.0. The van der Waals surface area contributed by atoms with Gasteiger partial charge in [-0.15, -0.1) is 0 Å². The van der Waals surface area contributed by atoms with E-state index in [1.165, 1.54) is 12.1 Å². The lowest BCUT2D eigenvalue weighted by atomic mass is 9.80. The topological polar surface area (TPSA) is 49.3 Å². The number of rotatable bonds is 4. The fourth-order valence-electron chi connectivity index (χ4n) is 3.05. The Morgan fingerprint density at radius 3 is 2.59 bits per heavy atom. The molecule has 0 aliphatic heterocycles. The molecule has 0 saturated heterocycles. The molecule has 120 valence electrons. The number of carbonyl (C=O) groups is 1. The van der Waals surface area contributed by atoms with Crippen LogP contribution < -0.4 is 5.32 Å². The van der Waals surface area contributed by atoms with Crippen molar-refractivity contribution in [1.29, 1.82) is 0 Å². The molecule has 3 rings (SSSR count). The van der Waals surface area contributed by atoms with Gasteiger partial charge in [-0.25, -0.2) is 0 Å². The number of benzene rings is 1. The van der Waals surface area contributed by atoms with Crippen LogP contribution in [0.2, 0.25) is 0 Å². The summed E-state index contributed by atoms with van der Waals surface area (Å²) in [5.74, 6) is -1.07. The van der Waals surface area contributed by atoms with Crippen molar-refractivity contribution in [2.45, 2.75) is 43.4 Å². The van der Waals surface area contributed by atoms with E-state index in [4.69, 9.17) is 0 Å². The van der Waals surface area contributed by atoms with Crippen molar-refractivity contribution in [2.75, 3.05) is 6.54 Å². The molecule has 0 aromatic heterocycles. The number of alkyl halides is 3. The molecule has 0 radical (unpaired) electrons. The monoisotopic (exact) mass is 313 g/mol. The van der Waals surface area contributed by atoms with E-state index in [0.717, 1.165) is 12.5 Å². The van der Waals surface area contributed by atoms with Gasteiger partial charge in [0.1, 0.15) is 0 Å². The quantitative estimate of drug-likeness (QED) is 0.898. The molecule has 0 spiro atoms. The lowest BCUT2D eigenvalue weighted by molar-refractivity contribution is -0.138. The van der Waals surface area contributed by atoms with Crippen LogP contribution in [0.25, 0.3) is 0 Å². The van der Waals surface area contributed by atoms with E-state index < -0.39 is 23.3 Å². The van der Waals surface area contributed by atoms with Crippen molar-refractivity contribution in [3.05, 3.63) is 35.4 Å². The van der Waals surface area contributed by atoms with Crippen LogP contribution in [0.3, 0.4) is 0 Å². The molecule has 2 aliphatic carbocycles. The number of aliphatic hydroxyl groups is 1. The molecule has 1 aromatic rings. The number of amides is 1. The minimum absolute atomic E-state index is 0.190. The van der Waals surface area contributed by atoms with Gasteiger partial charge in [0.25, 0.3) is 0 Å². The Morgan fingerprint density at radius 1 is 1.32 bits per heavy atom. The van der Waals surface area contributed by atoms with E-state index >= 15 is 0 Å². The second-order valence-electron chi connectivity index (χ2n) is 6.33. The second kappa shape index (κ2) is 5.26. The van der Waals surface area contributed by atoms with Crippen molar-refractivity contribution in [3.8, 4) is 0 Å². The normalized spacial score (nSPS) is 26.2. The minimum atomic E-state index is -4.40. The summed E-state index contributed by atoms with van der Waals surface area (Å²) >= 11 is 0. The Morgan fingerprint density at radius 2 is 2.00 bits per heavy atom. The summed E-state index contributed by atoms with van der Waals surface area (Å²) in [6, 6.07) is 5.42. The first-order valence-corrected chi connectivity index (χ1v) is 7.46. The third kappa shape index (κ3) is 2.97. The van der Waals surface area contributed by atoms with E-state index in [0.29, 0.717) is 19.3 Å². The van der Waals surface area contributed by atoms with Crippen LogP contribution in [0.4, 0.5) is 13.2 Å². The molecule has 0 heterocycles. The number of carbonyl (C=O) groups excluding carboxylic acids is 1. The first-order chi connectivity index (χ1) is 10.3. The molecule has 2 unspecified atom stereocenters. The summed E-state index contributed by atoms with van der Waals surface area (Å²) in [5.41, 5.74) is -1.28. The third-order valence-corrected chi connectivity index (χ3v) is 4.67. The van der Waals surface area contributed by atoms with Crippen LogP contribution >= 0.6 is 0 Å². The Kier molecular flexibility index (Phi) is 3.67. The molecular weight excluding hydrogens is 295 g/mol. The van der Waals surface area contributed by atoms with E-state index in [2.05, 4.69) is 5.32 Å². The van der Waals surface area contributed by atoms with Crippen LogP contribution in [0.1, 0.15) is 42.7 Å². The highest BCUT2D eigenvalue weighted by atomic mass is 19.4. The van der Waals surface area contributed by atoms with Crippen LogP contribution in [-0.4, -0.2) is 23.2 Å². The zero-order chi connectivity index (χ0) is 16.0. The molecule has 1 amide bonds. The van der Waals surface area contributed by atoms with Gasteiger partial charge < -0.3 is 10.4 Å². The van der Waals surface area contributed by atoms with Gasteiger partial charge in [-0.2, -0.15) is 13.2 Å². The third-order valence-electron chi connectivity index (χ3n) is 4.67. The first-order valence-electron chi connectivity index (χ1n) is 7.46. The van der Waals surface area contributed by atoms with Crippen LogP contribution in [0.15, 0.2) is 24.3 Å². The van der Waals surface area contributed by atoms with Gasteiger partial charge >= 0.3 is 6.18 Å². The smallest absolute Gasteiger partial charge is 0.388 e. The number of halogens is 3. The molecule has 2 N–H and O–H groups in total. The maximum atomic E-state index is 13.0. The summed E-state index contributed by atoms with van der Waals surface area (Å²) in [7, 11) is 0. The highest BCUT2D eigenvalue weighted by molar-refractivity contribution is 5.83.